The Labute approximate surface area is 94.3 Å². The first kappa shape index (κ1) is 11.4. The van der Waals surface area contributed by atoms with Crippen LogP contribution >= 0.6 is 0 Å². The summed E-state index contributed by atoms with van der Waals surface area (Å²) in [5.74, 6) is 3.03. The van der Waals surface area contributed by atoms with Gasteiger partial charge >= 0.3 is 0 Å². The maximum atomic E-state index is 8.90. The first-order chi connectivity index (χ1) is 7.40. The third-order valence-corrected chi connectivity index (χ3v) is 4.66. The van der Waals surface area contributed by atoms with Gasteiger partial charge in [-0.1, -0.05) is 44.9 Å². The molecule has 1 nitrogen and oxygen atoms in total. The van der Waals surface area contributed by atoms with Gasteiger partial charge in [-0.05, 0) is 37.0 Å². The van der Waals surface area contributed by atoms with E-state index in [9.17, 15) is 0 Å². The van der Waals surface area contributed by atoms with Crippen molar-refractivity contribution in [3.8, 4) is 0 Å². The lowest BCUT2D eigenvalue weighted by molar-refractivity contribution is 0.242. The highest BCUT2D eigenvalue weighted by Crippen LogP contribution is 2.41. The minimum absolute atomic E-state index is 0.395. The zero-order valence-electron chi connectivity index (χ0n) is 9.96. The van der Waals surface area contributed by atoms with Gasteiger partial charge in [-0.15, -0.1) is 0 Å². The molecule has 2 unspecified atom stereocenters. The van der Waals surface area contributed by atoms with Crippen molar-refractivity contribution in [2.24, 2.45) is 17.8 Å². The van der Waals surface area contributed by atoms with Crippen molar-refractivity contribution in [1.29, 1.82) is 0 Å². The van der Waals surface area contributed by atoms with Crippen LogP contribution in [-0.4, -0.2) is 11.7 Å². The van der Waals surface area contributed by atoms with E-state index in [0.717, 1.165) is 24.2 Å². The van der Waals surface area contributed by atoms with E-state index in [-0.39, 0.29) is 0 Å². The molecule has 0 amide bonds. The maximum absolute atomic E-state index is 8.90. The summed E-state index contributed by atoms with van der Waals surface area (Å²) in [5, 5.41) is 8.90. The van der Waals surface area contributed by atoms with Crippen LogP contribution in [0.1, 0.15) is 64.2 Å². The summed E-state index contributed by atoms with van der Waals surface area (Å²) in [6.45, 7) is 0.395. The molecule has 0 bridgehead atoms. The molecule has 0 radical (unpaired) electrons. The molecule has 0 spiro atoms. The first-order valence-electron chi connectivity index (χ1n) is 7.01. The predicted octanol–water partition coefficient (Wildman–Crippen LogP) is 3.76. The van der Waals surface area contributed by atoms with Gasteiger partial charge < -0.3 is 5.11 Å². The van der Waals surface area contributed by atoms with E-state index < -0.39 is 0 Å². The molecule has 2 fully saturated rings. The van der Waals surface area contributed by atoms with Crippen molar-refractivity contribution in [3.05, 3.63) is 0 Å². The van der Waals surface area contributed by atoms with Crippen molar-refractivity contribution in [1.82, 2.24) is 0 Å². The predicted molar refractivity (Wildman–Crippen MR) is 63.7 cm³/mol. The molecule has 0 aromatic rings. The molecular weight excluding hydrogens is 184 g/mol. The van der Waals surface area contributed by atoms with E-state index in [1.807, 2.05) is 0 Å². The molecule has 0 aliphatic heterocycles. The lowest BCUT2D eigenvalue weighted by Crippen LogP contribution is -2.12. The Morgan fingerprint density at radius 2 is 1.60 bits per heavy atom. The number of hydrogen-bond acceptors (Lipinski definition) is 1. The smallest absolute Gasteiger partial charge is 0.0431 e. The molecule has 2 rings (SSSR count). The Hall–Kier alpha value is -0.0400. The van der Waals surface area contributed by atoms with E-state index in [1.54, 1.807) is 0 Å². The van der Waals surface area contributed by atoms with Gasteiger partial charge in [-0.3, -0.25) is 0 Å². The Bertz CT molecular complexity index is 172. The third-order valence-electron chi connectivity index (χ3n) is 4.66. The van der Waals surface area contributed by atoms with Crippen molar-refractivity contribution in [3.63, 3.8) is 0 Å². The fourth-order valence-electron chi connectivity index (χ4n) is 3.83. The minimum Gasteiger partial charge on any atom is -0.396 e. The van der Waals surface area contributed by atoms with Gasteiger partial charge in [0.1, 0.15) is 0 Å². The summed E-state index contributed by atoms with van der Waals surface area (Å²) in [7, 11) is 0. The second kappa shape index (κ2) is 5.89. The molecule has 0 saturated heterocycles. The summed E-state index contributed by atoms with van der Waals surface area (Å²) >= 11 is 0. The highest BCUT2D eigenvalue weighted by molar-refractivity contribution is 4.81. The lowest BCUT2D eigenvalue weighted by Gasteiger charge is -2.22. The molecule has 0 heterocycles. The van der Waals surface area contributed by atoms with Crippen LogP contribution in [0.15, 0.2) is 0 Å². The molecule has 1 N–H and O–H groups in total. The molecule has 2 aliphatic carbocycles. The van der Waals surface area contributed by atoms with Gasteiger partial charge in [0, 0.05) is 6.61 Å². The molecule has 15 heavy (non-hydrogen) atoms. The Morgan fingerprint density at radius 3 is 2.33 bits per heavy atom. The Balaban J connectivity index is 1.74. The molecule has 2 saturated carbocycles. The first-order valence-corrected chi connectivity index (χ1v) is 7.01. The van der Waals surface area contributed by atoms with Crippen LogP contribution in [-0.2, 0) is 0 Å². The standard InChI is InChI=1S/C14H26O/c15-10-4-9-13-7-3-8-14(13)11-12-5-1-2-6-12/h12-15H,1-11H2. The van der Waals surface area contributed by atoms with Gasteiger partial charge in [-0.2, -0.15) is 0 Å². The van der Waals surface area contributed by atoms with Crippen molar-refractivity contribution in [2.75, 3.05) is 6.61 Å². The summed E-state index contributed by atoms with van der Waals surface area (Å²) < 4.78 is 0. The quantitative estimate of drug-likeness (QED) is 0.732. The molecule has 0 aromatic carbocycles. The lowest BCUT2D eigenvalue weighted by atomic mass is 9.84. The molecule has 1 heteroatoms. The molecule has 2 aliphatic rings. The molecule has 2 atom stereocenters. The average Bonchev–Trinajstić information content (AvgIpc) is 2.87. The number of rotatable bonds is 5. The topological polar surface area (TPSA) is 20.2 Å². The fraction of sp³-hybridized carbons (Fsp3) is 1.00. The minimum atomic E-state index is 0.395. The van der Waals surface area contributed by atoms with Crippen LogP contribution in [0.4, 0.5) is 0 Å². The van der Waals surface area contributed by atoms with Gasteiger partial charge in [0.15, 0.2) is 0 Å². The fourth-order valence-corrected chi connectivity index (χ4v) is 3.83. The summed E-state index contributed by atoms with van der Waals surface area (Å²) in [4.78, 5) is 0. The van der Waals surface area contributed by atoms with Crippen LogP contribution in [0.5, 0.6) is 0 Å². The van der Waals surface area contributed by atoms with Crippen molar-refractivity contribution in [2.45, 2.75) is 64.2 Å². The van der Waals surface area contributed by atoms with Crippen LogP contribution in [0, 0.1) is 17.8 Å². The van der Waals surface area contributed by atoms with Gasteiger partial charge in [0.2, 0.25) is 0 Å². The van der Waals surface area contributed by atoms with Crippen molar-refractivity contribution < 1.29 is 5.11 Å². The van der Waals surface area contributed by atoms with Gasteiger partial charge in [-0.25, -0.2) is 0 Å². The summed E-state index contributed by atoms with van der Waals surface area (Å²) in [6, 6.07) is 0. The van der Waals surface area contributed by atoms with Gasteiger partial charge in [0.25, 0.3) is 0 Å². The van der Waals surface area contributed by atoms with E-state index >= 15 is 0 Å². The van der Waals surface area contributed by atoms with Crippen LogP contribution in [0.2, 0.25) is 0 Å². The van der Waals surface area contributed by atoms with E-state index in [1.165, 1.54) is 57.8 Å². The normalized spacial score (nSPS) is 32.6. The maximum Gasteiger partial charge on any atom is 0.0431 e. The zero-order valence-corrected chi connectivity index (χ0v) is 9.96. The SMILES string of the molecule is OCCCC1CCCC1CC1CCCC1. The van der Waals surface area contributed by atoms with E-state index in [2.05, 4.69) is 0 Å². The highest BCUT2D eigenvalue weighted by atomic mass is 16.2. The van der Waals surface area contributed by atoms with Crippen LogP contribution in [0.25, 0.3) is 0 Å². The third kappa shape index (κ3) is 3.21. The largest absolute Gasteiger partial charge is 0.396 e. The van der Waals surface area contributed by atoms with Crippen LogP contribution < -0.4 is 0 Å². The summed E-state index contributed by atoms with van der Waals surface area (Å²) in [5.41, 5.74) is 0. The number of aliphatic hydroxyl groups excluding tert-OH is 1. The van der Waals surface area contributed by atoms with Crippen LogP contribution in [0.3, 0.4) is 0 Å². The highest BCUT2D eigenvalue weighted by Gasteiger charge is 2.29. The second-order valence-corrected chi connectivity index (χ2v) is 5.70. The monoisotopic (exact) mass is 210 g/mol. The second-order valence-electron chi connectivity index (χ2n) is 5.70. The summed E-state index contributed by atoms with van der Waals surface area (Å²) in [6.07, 6.45) is 14.2. The van der Waals surface area contributed by atoms with Gasteiger partial charge in [0.05, 0.1) is 0 Å². The number of aliphatic hydroxyl groups is 1. The molecular formula is C14H26O. The molecule has 88 valence electrons. The average molecular weight is 210 g/mol. The molecule has 0 aromatic heterocycles. The number of hydrogen-bond donors (Lipinski definition) is 1. The Morgan fingerprint density at radius 1 is 0.867 bits per heavy atom. The van der Waals surface area contributed by atoms with Crippen molar-refractivity contribution >= 4 is 0 Å². The van der Waals surface area contributed by atoms with E-state index in [0.29, 0.717) is 6.61 Å². The van der Waals surface area contributed by atoms with E-state index in [4.69, 9.17) is 5.11 Å². The Kier molecular flexibility index (Phi) is 4.49. The zero-order chi connectivity index (χ0) is 10.5.